The van der Waals surface area contributed by atoms with Crippen molar-refractivity contribution in [3.05, 3.63) is 64.2 Å². The van der Waals surface area contributed by atoms with E-state index in [2.05, 4.69) is 29.2 Å². The molecule has 1 aliphatic rings. The highest BCUT2D eigenvalue weighted by Crippen LogP contribution is 2.36. The molecular formula is C20H25ClN2O. The van der Waals surface area contributed by atoms with E-state index in [1.807, 2.05) is 18.2 Å². The molecule has 0 amide bonds. The molecule has 0 aromatic heterocycles. The molecule has 3 nitrogen and oxygen atoms in total. The lowest BCUT2D eigenvalue weighted by Gasteiger charge is -2.25. The summed E-state index contributed by atoms with van der Waals surface area (Å²) in [6.07, 6.45) is 3.15. The van der Waals surface area contributed by atoms with E-state index in [9.17, 15) is 5.11 Å². The average molecular weight is 345 g/mol. The minimum absolute atomic E-state index is 0.174. The van der Waals surface area contributed by atoms with Crippen molar-refractivity contribution in [1.29, 1.82) is 0 Å². The van der Waals surface area contributed by atoms with E-state index in [1.54, 1.807) is 0 Å². The fraction of sp³-hybridized carbons (Fsp3) is 0.400. The second-order valence-corrected chi connectivity index (χ2v) is 6.92. The summed E-state index contributed by atoms with van der Waals surface area (Å²) < 4.78 is 0. The minimum atomic E-state index is 0.174. The molecule has 1 aliphatic heterocycles. The molecular weight excluding hydrogens is 320 g/mol. The molecule has 1 heterocycles. The summed E-state index contributed by atoms with van der Waals surface area (Å²) >= 11 is 6.15. The Morgan fingerprint density at radius 2 is 1.96 bits per heavy atom. The first-order valence-electron chi connectivity index (χ1n) is 8.67. The maximum atomic E-state index is 10.1. The van der Waals surface area contributed by atoms with Gasteiger partial charge in [-0.1, -0.05) is 41.9 Å². The van der Waals surface area contributed by atoms with Gasteiger partial charge in [0.15, 0.2) is 0 Å². The Balaban J connectivity index is 1.93. The van der Waals surface area contributed by atoms with Crippen LogP contribution in [0.5, 0.6) is 5.75 Å². The molecule has 0 spiro atoms. The van der Waals surface area contributed by atoms with E-state index in [0.717, 1.165) is 45.4 Å². The smallest absolute Gasteiger partial charge is 0.134 e. The molecule has 128 valence electrons. The number of fused-ring (bicyclic) bond motifs is 1. The van der Waals surface area contributed by atoms with Crippen LogP contribution in [0.15, 0.2) is 42.5 Å². The zero-order valence-electron chi connectivity index (χ0n) is 13.9. The number of phenols is 1. The highest BCUT2D eigenvalue weighted by molar-refractivity contribution is 6.32. The number of rotatable bonds is 5. The largest absolute Gasteiger partial charge is 0.506 e. The van der Waals surface area contributed by atoms with Gasteiger partial charge in [0.05, 0.1) is 5.02 Å². The van der Waals surface area contributed by atoms with Crippen molar-refractivity contribution in [3.8, 4) is 5.75 Å². The van der Waals surface area contributed by atoms with Crippen LogP contribution in [-0.4, -0.2) is 36.2 Å². The molecule has 0 saturated heterocycles. The second-order valence-electron chi connectivity index (χ2n) is 6.51. The number of unbranched alkanes of at least 4 members (excludes halogenated alkanes) is 1. The molecule has 0 aliphatic carbocycles. The van der Waals surface area contributed by atoms with Gasteiger partial charge >= 0.3 is 0 Å². The Kier molecular flexibility index (Phi) is 5.77. The van der Waals surface area contributed by atoms with Crippen molar-refractivity contribution < 1.29 is 5.11 Å². The third-order valence-electron chi connectivity index (χ3n) is 4.85. The van der Waals surface area contributed by atoms with E-state index in [0.29, 0.717) is 5.02 Å². The molecule has 24 heavy (non-hydrogen) atoms. The maximum absolute atomic E-state index is 10.1. The lowest BCUT2D eigenvalue weighted by Crippen LogP contribution is -2.30. The number of hydrogen-bond donors (Lipinski definition) is 2. The first kappa shape index (κ1) is 17.3. The quantitative estimate of drug-likeness (QED) is 0.812. The van der Waals surface area contributed by atoms with Gasteiger partial charge in [0, 0.05) is 19.0 Å². The second kappa shape index (κ2) is 8.02. The number of halogens is 1. The standard InChI is InChI=1S/C20H25ClN2O/c21-19-12-16-8-11-23(10-5-4-9-22)14-18(17(16)13-20(19)24)15-6-2-1-3-7-15/h1-3,6-7,12-13,18,24H,4-5,8-11,14,22H2/t18-/m0/s1. The van der Waals surface area contributed by atoms with Crippen LogP contribution < -0.4 is 5.73 Å². The summed E-state index contributed by atoms with van der Waals surface area (Å²) in [7, 11) is 0. The summed E-state index contributed by atoms with van der Waals surface area (Å²) in [6, 6.07) is 14.3. The van der Waals surface area contributed by atoms with Crippen molar-refractivity contribution >= 4 is 11.6 Å². The van der Waals surface area contributed by atoms with Crippen LogP contribution in [0.4, 0.5) is 0 Å². The van der Waals surface area contributed by atoms with Crippen LogP contribution in [-0.2, 0) is 6.42 Å². The van der Waals surface area contributed by atoms with Crippen LogP contribution in [0.1, 0.15) is 35.4 Å². The molecule has 0 fully saturated rings. The fourth-order valence-electron chi connectivity index (χ4n) is 3.54. The van der Waals surface area contributed by atoms with Crippen molar-refractivity contribution in [1.82, 2.24) is 4.90 Å². The Hall–Kier alpha value is -1.55. The zero-order valence-corrected chi connectivity index (χ0v) is 14.7. The van der Waals surface area contributed by atoms with Crippen molar-refractivity contribution in [2.24, 2.45) is 5.73 Å². The van der Waals surface area contributed by atoms with E-state index in [-0.39, 0.29) is 11.7 Å². The summed E-state index contributed by atoms with van der Waals surface area (Å²) in [4.78, 5) is 2.51. The molecule has 3 rings (SSSR count). The van der Waals surface area contributed by atoms with Gasteiger partial charge < -0.3 is 15.7 Å². The van der Waals surface area contributed by atoms with E-state index >= 15 is 0 Å². The van der Waals surface area contributed by atoms with Gasteiger partial charge in [-0.2, -0.15) is 0 Å². The average Bonchev–Trinajstić information content (AvgIpc) is 2.77. The number of nitrogens with zero attached hydrogens (tertiary/aromatic N) is 1. The van der Waals surface area contributed by atoms with Gasteiger partial charge in [-0.3, -0.25) is 0 Å². The van der Waals surface area contributed by atoms with Gasteiger partial charge in [-0.25, -0.2) is 0 Å². The van der Waals surface area contributed by atoms with Crippen LogP contribution in [0.25, 0.3) is 0 Å². The molecule has 0 bridgehead atoms. The number of benzene rings is 2. The van der Waals surface area contributed by atoms with Gasteiger partial charge in [-0.05, 0) is 61.2 Å². The van der Waals surface area contributed by atoms with Gasteiger partial charge in [0.25, 0.3) is 0 Å². The molecule has 2 aromatic carbocycles. The van der Waals surface area contributed by atoms with Crippen LogP contribution in [0.3, 0.4) is 0 Å². The predicted octanol–water partition coefficient (Wildman–Crippen LogP) is 3.77. The molecule has 4 heteroatoms. The van der Waals surface area contributed by atoms with Crippen molar-refractivity contribution in [3.63, 3.8) is 0 Å². The molecule has 0 radical (unpaired) electrons. The summed E-state index contributed by atoms with van der Waals surface area (Å²) in [5.74, 6) is 0.428. The van der Waals surface area contributed by atoms with E-state index in [4.69, 9.17) is 17.3 Å². The Bertz CT molecular complexity index is 675. The first-order chi connectivity index (χ1) is 11.7. The minimum Gasteiger partial charge on any atom is -0.506 e. The SMILES string of the molecule is NCCCCN1CCc2cc(Cl)c(O)cc2[C@H](c2ccccc2)C1. The topological polar surface area (TPSA) is 49.5 Å². The predicted molar refractivity (Wildman–Crippen MR) is 99.8 cm³/mol. The normalized spacial score (nSPS) is 18.2. The lowest BCUT2D eigenvalue weighted by atomic mass is 9.88. The first-order valence-corrected chi connectivity index (χ1v) is 9.05. The number of aromatic hydroxyl groups is 1. The Morgan fingerprint density at radius 3 is 2.71 bits per heavy atom. The Labute approximate surface area is 149 Å². The van der Waals surface area contributed by atoms with Gasteiger partial charge in [-0.15, -0.1) is 0 Å². The third-order valence-corrected chi connectivity index (χ3v) is 5.16. The number of hydrogen-bond acceptors (Lipinski definition) is 3. The lowest BCUT2D eigenvalue weighted by molar-refractivity contribution is 0.271. The highest BCUT2D eigenvalue weighted by atomic mass is 35.5. The summed E-state index contributed by atoms with van der Waals surface area (Å²) in [5, 5.41) is 10.6. The molecule has 1 atom stereocenters. The molecule has 0 saturated carbocycles. The molecule has 3 N–H and O–H groups in total. The van der Waals surface area contributed by atoms with Crippen molar-refractivity contribution in [2.75, 3.05) is 26.2 Å². The Morgan fingerprint density at radius 1 is 1.17 bits per heavy atom. The summed E-state index contributed by atoms with van der Waals surface area (Å²) in [5.41, 5.74) is 9.36. The van der Waals surface area contributed by atoms with Crippen LogP contribution in [0.2, 0.25) is 5.02 Å². The van der Waals surface area contributed by atoms with Gasteiger partial charge in [0.1, 0.15) is 5.75 Å². The maximum Gasteiger partial charge on any atom is 0.134 e. The fourth-order valence-corrected chi connectivity index (χ4v) is 3.73. The number of nitrogens with two attached hydrogens (primary N) is 1. The van der Waals surface area contributed by atoms with Crippen molar-refractivity contribution in [2.45, 2.75) is 25.2 Å². The van der Waals surface area contributed by atoms with E-state index < -0.39 is 0 Å². The van der Waals surface area contributed by atoms with Crippen LogP contribution >= 0.6 is 11.6 Å². The van der Waals surface area contributed by atoms with Crippen LogP contribution in [0, 0.1) is 0 Å². The summed E-state index contributed by atoms with van der Waals surface area (Å²) in [6.45, 7) is 3.79. The van der Waals surface area contributed by atoms with Gasteiger partial charge in [0.2, 0.25) is 0 Å². The number of phenolic OH excluding ortho intramolecular Hbond substituents is 1. The zero-order chi connectivity index (χ0) is 16.9. The third kappa shape index (κ3) is 3.92. The molecule has 2 aromatic rings. The monoisotopic (exact) mass is 344 g/mol. The molecule has 0 unspecified atom stereocenters. The highest BCUT2D eigenvalue weighted by Gasteiger charge is 2.25. The van der Waals surface area contributed by atoms with E-state index in [1.165, 1.54) is 16.7 Å².